The summed E-state index contributed by atoms with van der Waals surface area (Å²) < 4.78 is 127. The fourth-order valence-electron chi connectivity index (χ4n) is 5.11. The van der Waals surface area contributed by atoms with Crippen molar-refractivity contribution in [2.24, 2.45) is 0 Å². The molecule has 1 fully saturated rings. The lowest BCUT2D eigenvalue weighted by Gasteiger charge is -2.29. The van der Waals surface area contributed by atoms with Gasteiger partial charge in [-0.1, -0.05) is 29.8 Å². The zero-order valence-electron chi connectivity index (χ0n) is 25.5. The summed E-state index contributed by atoms with van der Waals surface area (Å²) in [7, 11) is 1.64. The topological polar surface area (TPSA) is 46.2 Å². The Morgan fingerprint density at radius 1 is 0.771 bits per heavy atom. The molecule has 0 aliphatic carbocycles. The van der Waals surface area contributed by atoms with Crippen molar-refractivity contribution in [3.63, 3.8) is 0 Å². The van der Waals surface area contributed by atoms with Gasteiger partial charge in [-0.05, 0) is 54.3 Å². The van der Waals surface area contributed by atoms with Crippen molar-refractivity contribution in [1.82, 2.24) is 0 Å². The monoisotopic (exact) mass is 698 g/mol. The lowest BCUT2D eigenvalue weighted by molar-refractivity contribution is -0.230. The van der Waals surface area contributed by atoms with Crippen LogP contribution in [-0.4, -0.2) is 39.6 Å². The molecule has 0 amide bonds. The van der Waals surface area contributed by atoms with Crippen LogP contribution in [0.5, 0.6) is 5.75 Å². The number of halogens is 8. The average molecular weight is 699 g/mol. The van der Waals surface area contributed by atoms with Gasteiger partial charge in [0, 0.05) is 49.1 Å². The third-order valence-electron chi connectivity index (χ3n) is 7.60. The molecule has 4 aromatic carbocycles. The minimum absolute atomic E-state index is 0.0536. The average Bonchev–Trinajstić information content (AvgIpc) is 3.04. The van der Waals surface area contributed by atoms with Crippen molar-refractivity contribution in [2.75, 3.05) is 33.5 Å². The van der Waals surface area contributed by atoms with Gasteiger partial charge in [-0.25, -0.2) is 30.7 Å². The van der Waals surface area contributed by atoms with Crippen LogP contribution in [0.4, 0.5) is 30.7 Å². The summed E-state index contributed by atoms with van der Waals surface area (Å²) in [6.45, 7) is 1.18. The van der Waals surface area contributed by atoms with Gasteiger partial charge in [-0.3, -0.25) is 0 Å². The summed E-state index contributed by atoms with van der Waals surface area (Å²) in [5.74, 6) is -5.53. The first-order chi connectivity index (χ1) is 23.0. The molecule has 1 aliphatic heterocycles. The van der Waals surface area contributed by atoms with Crippen molar-refractivity contribution >= 4 is 11.6 Å². The third-order valence-corrected chi connectivity index (χ3v) is 7.94. The van der Waals surface area contributed by atoms with Crippen molar-refractivity contribution in [1.29, 1.82) is 0 Å². The molecule has 1 heterocycles. The lowest BCUT2D eigenvalue weighted by atomic mass is 10.0. The molecule has 5 nitrogen and oxygen atoms in total. The summed E-state index contributed by atoms with van der Waals surface area (Å²) in [5, 5.41) is -0.132. The fraction of sp³-hybridized carbons (Fsp3) is 0.314. The second-order valence-corrected chi connectivity index (χ2v) is 11.3. The Bertz CT molecular complexity index is 1680. The Morgan fingerprint density at radius 2 is 1.46 bits per heavy atom. The largest absolute Gasteiger partial charge is 0.489 e. The number of methoxy groups -OCH3 is 1. The fourth-order valence-corrected chi connectivity index (χ4v) is 5.37. The van der Waals surface area contributed by atoms with Crippen LogP contribution in [0, 0.1) is 29.1 Å². The molecule has 0 spiro atoms. The zero-order valence-corrected chi connectivity index (χ0v) is 26.3. The summed E-state index contributed by atoms with van der Waals surface area (Å²) >= 11 is 6.31. The molecule has 0 radical (unpaired) electrons. The van der Waals surface area contributed by atoms with E-state index in [0.29, 0.717) is 24.8 Å². The lowest BCUT2D eigenvalue weighted by Crippen LogP contribution is -2.33. The molecule has 13 heteroatoms. The molecule has 0 saturated carbocycles. The molecule has 4 aromatic rings. The first kappa shape index (κ1) is 35.6. The van der Waals surface area contributed by atoms with E-state index in [-0.39, 0.29) is 52.3 Å². The van der Waals surface area contributed by atoms with E-state index in [9.17, 15) is 22.0 Å². The van der Waals surface area contributed by atoms with E-state index in [1.165, 1.54) is 18.2 Å². The maximum absolute atomic E-state index is 15.2. The van der Waals surface area contributed by atoms with E-state index in [1.54, 1.807) is 13.2 Å². The molecule has 5 rings (SSSR count). The number of hydrogen-bond donors (Lipinski definition) is 0. The Hall–Kier alpha value is -3.68. The van der Waals surface area contributed by atoms with Crippen molar-refractivity contribution < 1.29 is 54.4 Å². The Kier molecular flexibility index (Phi) is 12.0. The Morgan fingerprint density at radius 3 is 2.08 bits per heavy atom. The summed E-state index contributed by atoms with van der Waals surface area (Å²) in [6.07, 6.45) is -2.44. The van der Waals surface area contributed by atoms with Crippen LogP contribution in [0.2, 0.25) is 5.02 Å². The predicted octanol–water partition coefficient (Wildman–Crippen LogP) is 9.74. The van der Waals surface area contributed by atoms with Gasteiger partial charge in [-0.2, -0.15) is 0 Å². The van der Waals surface area contributed by atoms with Crippen LogP contribution >= 0.6 is 11.6 Å². The maximum atomic E-state index is 15.2. The standard InChI is InChI=1S/C35H30ClF7O5/c1-44-8-2-3-9-45-23-16-47-35(48-17-23)20-5-6-24(28(37)12-20)21-10-27(36)26(30(39)13-21)18-46-22-14-31(40)33(32(41)15-22)19-4-7-25(34(42)43)29(38)11-19/h4-7,10-15,23,34-35H,2-3,8-9,16-18H2,1H3. The molecule has 0 atom stereocenters. The smallest absolute Gasteiger partial charge is 0.266 e. The quantitative estimate of drug-likeness (QED) is 0.103. The molecule has 0 N–H and O–H groups in total. The second-order valence-electron chi connectivity index (χ2n) is 10.9. The molecule has 48 heavy (non-hydrogen) atoms. The van der Waals surface area contributed by atoms with Crippen molar-refractivity contribution in [3.05, 3.63) is 111 Å². The summed E-state index contributed by atoms with van der Waals surface area (Å²) in [6, 6.07) is 10.5. The number of ether oxygens (including phenoxy) is 5. The van der Waals surface area contributed by atoms with Gasteiger partial charge >= 0.3 is 0 Å². The van der Waals surface area contributed by atoms with Crippen molar-refractivity contribution in [2.45, 2.75) is 38.3 Å². The Labute approximate surface area is 277 Å². The van der Waals surface area contributed by atoms with Gasteiger partial charge in [0.1, 0.15) is 47.5 Å². The highest BCUT2D eigenvalue weighted by atomic mass is 35.5. The number of hydrogen-bond acceptors (Lipinski definition) is 5. The SMILES string of the molecule is COCCCCOC1COC(c2ccc(-c3cc(F)c(COc4cc(F)c(-c5ccc(C(F)F)c(F)c5)c(F)c4)c(Cl)c3)c(F)c2)OC1. The van der Waals surface area contributed by atoms with Gasteiger partial charge in [0.25, 0.3) is 6.43 Å². The van der Waals surface area contributed by atoms with Crippen LogP contribution in [0.25, 0.3) is 22.3 Å². The molecule has 1 saturated heterocycles. The Balaban J connectivity index is 1.22. The van der Waals surface area contributed by atoms with Crippen LogP contribution in [0.15, 0.2) is 60.7 Å². The van der Waals surface area contributed by atoms with Gasteiger partial charge < -0.3 is 23.7 Å². The van der Waals surface area contributed by atoms with Gasteiger partial charge in [0.05, 0.1) is 29.4 Å². The van der Waals surface area contributed by atoms with Gasteiger partial charge in [-0.15, -0.1) is 0 Å². The molecule has 1 aliphatic rings. The highest BCUT2D eigenvalue weighted by molar-refractivity contribution is 6.31. The summed E-state index contributed by atoms with van der Waals surface area (Å²) in [4.78, 5) is 0. The molecular weight excluding hydrogens is 669 g/mol. The highest BCUT2D eigenvalue weighted by Crippen LogP contribution is 2.35. The van der Waals surface area contributed by atoms with Crippen LogP contribution < -0.4 is 4.74 Å². The number of rotatable bonds is 13. The third kappa shape index (κ3) is 8.48. The number of alkyl halides is 2. The minimum Gasteiger partial charge on any atom is -0.489 e. The molecule has 256 valence electrons. The normalized spacial score (nSPS) is 16.5. The summed E-state index contributed by atoms with van der Waals surface area (Å²) in [5.41, 5.74) is -1.42. The molecule has 0 unspecified atom stereocenters. The van der Waals surface area contributed by atoms with E-state index < -0.39 is 59.5 Å². The zero-order chi connectivity index (χ0) is 34.4. The van der Waals surface area contributed by atoms with Crippen LogP contribution in [0.1, 0.15) is 42.2 Å². The second kappa shape index (κ2) is 16.1. The van der Waals surface area contributed by atoms with E-state index in [4.69, 9.17) is 35.3 Å². The highest BCUT2D eigenvalue weighted by Gasteiger charge is 2.25. The molecule has 0 aromatic heterocycles. The first-order valence-corrected chi connectivity index (χ1v) is 15.2. The van der Waals surface area contributed by atoms with E-state index >= 15 is 8.78 Å². The molecule has 0 bridgehead atoms. The van der Waals surface area contributed by atoms with E-state index in [2.05, 4.69) is 0 Å². The van der Waals surface area contributed by atoms with Gasteiger partial charge in [0.15, 0.2) is 6.29 Å². The molecular formula is C35H30ClF7O5. The van der Waals surface area contributed by atoms with E-state index in [0.717, 1.165) is 43.2 Å². The minimum atomic E-state index is -3.10. The predicted molar refractivity (Wildman–Crippen MR) is 163 cm³/mol. The first-order valence-electron chi connectivity index (χ1n) is 14.9. The van der Waals surface area contributed by atoms with Gasteiger partial charge in [0.2, 0.25) is 0 Å². The van der Waals surface area contributed by atoms with Crippen LogP contribution in [0.3, 0.4) is 0 Å². The number of benzene rings is 4. The maximum Gasteiger partial charge on any atom is 0.266 e. The number of unbranched alkanes of at least 4 members (excludes halogenated alkanes) is 1. The van der Waals surface area contributed by atoms with Crippen molar-refractivity contribution in [3.8, 4) is 28.0 Å². The van der Waals surface area contributed by atoms with E-state index in [1.807, 2.05) is 0 Å². The van der Waals surface area contributed by atoms with Crippen LogP contribution in [-0.2, 0) is 25.6 Å².